The minimum Gasteiger partial charge on any atom is -0.497 e. The average Bonchev–Trinajstić information content (AvgIpc) is 2.77. The number of nitrogens with zero attached hydrogens (tertiary/aromatic N) is 3. The van der Waals surface area contributed by atoms with Gasteiger partial charge in [-0.3, -0.25) is 0 Å². The van der Waals surface area contributed by atoms with E-state index in [2.05, 4.69) is 15.2 Å². The summed E-state index contributed by atoms with van der Waals surface area (Å²) < 4.78 is 5.08. The van der Waals surface area contributed by atoms with Gasteiger partial charge in [0.15, 0.2) is 5.96 Å². The molecule has 1 aromatic carbocycles. The van der Waals surface area contributed by atoms with Gasteiger partial charge in [-0.2, -0.15) is 4.99 Å². The first-order valence-electron chi connectivity index (χ1n) is 4.76. The van der Waals surface area contributed by atoms with E-state index in [1.165, 1.54) is 11.3 Å². The fourth-order valence-corrected chi connectivity index (χ4v) is 1.96. The number of methoxy groups -OCH3 is 1. The molecule has 0 amide bonds. The van der Waals surface area contributed by atoms with Crippen molar-refractivity contribution in [1.82, 2.24) is 10.2 Å². The summed E-state index contributed by atoms with van der Waals surface area (Å²) in [5.74, 6) is 0.769. The van der Waals surface area contributed by atoms with Crippen molar-refractivity contribution >= 4 is 34.8 Å². The van der Waals surface area contributed by atoms with Crippen LogP contribution in [-0.4, -0.2) is 23.3 Å². The highest BCUT2D eigenvalue weighted by atomic mass is 35.5. The standard InChI is InChI=1S/C10H11N5OS.ClH/c1-16-7-4-2-6(3-5-7)8-14-15-10(17-8)13-9(11)12;/h2-5H,1H3,(H4,11,12,13,15);1H. The van der Waals surface area contributed by atoms with Crippen molar-refractivity contribution in [3.63, 3.8) is 0 Å². The van der Waals surface area contributed by atoms with E-state index in [-0.39, 0.29) is 18.4 Å². The first-order valence-corrected chi connectivity index (χ1v) is 5.58. The third-order valence-corrected chi connectivity index (χ3v) is 2.84. The number of aromatic nitrogens is 2. The zero-order valence-electron chi connectivity index (χ0n) is 9.53. The predicted octanol–water partition coefficient (Wildman–Crippen LogP) is 1.54. The summed E-state index contributed by atoms with van der Waals surface area (Å²) in [6, 6.07) is 7.52. The van der Waals surface area contributed by atoms with Crippen LogP contribution in [0, 0.1) is 0 Å². The molecule has 0 aliphatic heterocycles. The van der Waals surface area contributed by atoms with Crippen LogP contribution in [0.2, 0.25) is 0 Å². The van der Waals surface area contributed by atoms with Gasteiger partial charge in [0.1, 0.15) is 10.8 Å². The van der Waals surface area contributed by atoms with Gasteiger partial charge in [-0.05, 0) is 24.3 Å². The van der Waals surface area contributed by atoms with Crippen LogP contribution in [-0.2, 0) is 0 Å². The molecule has 1 aromatic heterocycles. The minimum absolute atomic E-state index is 0. The lowest BCUT2D eigenvalue weighted by molar-refractivity contribution is 0.415. The lowest BCUT2D eigenvalue weighted by atomic mass is 10.2. The Labute approximate surface area is 114 Å². The molecule has 0 saturated heterocycles. The summed E-state index contributed by atoms with van der Waals surface area (Å²) >= 11 is 1.32. The van der Waals surface area contributed by atoms with Crippen LogP contribution in [0.25, 0.3) is 10.6 Å². The third-order valence-electron chi connectivity index (χ3n) is 1.98. The van der Waals surface area contributed by atoms with Gasteiger partial charge in [0.05, 0.1) is 7.11 Å². The highest BCUT2D eigenvalue weighted by molar-refractivity contribution is 7.18. The van der Waals surface area contributed by atoms with Crippen LogP contribution < -0.4 is 16.2 Å². The van der Waals surface area contributed by atoms with Crippen LogP contribution >= 0.6 is 23.7 Å². The van der Waals surface area contributed by atoms with Gasteiger partial charge in [-0.25, -0.2) is 0 Å². The quantitative estimate of drug-likeness (QED) is 0.658. The third kappa shape index (κ3) is 3.31. The molecule has 0 fully saturated rings. The normalized spacial score (nSPS) is 9.39. The van der Waals surface area contributed by atoms with E-state index in [0.717, 1.165) is 16.3 Å². The summed E-state index contributed by atoms with van der Waals surface area (Å²) in [5.41, 5.74) is 11.5. The molecule has 6 nitrogen and oxygen atoms in total. The molecule has 0 unspecified atom stereocenters. The van der Waals surface area contributed by atoms with Crippen LogP contribution in [0.1, 0.15) is 0 Å². The summed E-state index contributed by atoms with van der Waals surface area (Å²) in [4.78, 5) is 3.83. The van der Waals surface area contributed by atoms with E-state index in [4.69, 9.17) is 16.2 Å². The van der Waals surface area contributed by atoms with Crippen molar-refractivity contribution in [2.24, 2.45) is 16.5 Å². The second-order valence-electron chi connectivity index (χ2n) is 3.15. The van der Waals surface area contributed by atoms with Crippen LogP contribution in [0.4, 0.5) is 5.13 Å². The Hall–Kier alpha value is -1.86. The Balaban J connectivity index is 0.00000162. The predicted molar refractivity (Wildman–Crippen MR) is 74.6 cm³/mol. The molecule has 18 heavy (non-hydrogen) atoms. The number of benzene rings is 1. The highest BCUT2D eigenvalue weighted by Crippen LogP contribution is 2.28. The molecule has 0 aliphatic rings. The highest BCUT2D eigenvalue weighted by Gasteiger charge is 2.06. The molecule has 2 aromatic rings. The molecule has 0 radical (unpaired) electrons. The van der Waals surface area contributed by atoms with Crippen molar-refractivity contribution in [3.05, 3.63) is 24.3 Å². The van der Waals surface area contributed by atoms with Gasteiger partial charge in [-0.15, -0.1) is 22.6 Å². The van der Waals surface area contributed by atoms with Crippen molar-refractivity contribution in [3.8, 4) is 16.3 Å². The Morgan fingerprint density at radius 1 is 1.22 bits per heavy atom. The Morgan fingerprint density at radius 3 is 2.44 bits per heavy atom. The van der Waals surface area contributed by atoms with E-state index in [0.29, 0.717) is 5.13 Å². The van der Waals surface area contributed by atoms with E-state index < -0.39 is 0 Å². The molecule has 2 rings (SSSR count). The maximum absolute atomic E-state index is 5.26. The molecule has 0 aliphatic carbocycles. The van der Waals surface area contributed by atoms with Gasteiger partial charge in [0.25, 0.3) is 0 Å². The van der Waals surface area contributed by atoms with Crippen LogP contribution in [0.3, 0.4) is 0 Å². The van der Waals surface area contributed by atoms with Gasteiger partial charge in [0, 0.05) is 5.56 Å². The van der Waals surface area contributed by atoms with Gasteiger partial charge < -0.3 is 16.2 Å². The smallest absolute Gasteiger partial charge is 0.235 e. The molecule has 0 saturated carbocycles. The summed E-state index contributed by atoms with van der Waals surface area (Å²) in [5, 5.41) is 9.07. The average molecular weight is 286 g/mol. The number of aliphatic imine (C=N–C) groups is 1. The first kappa shape index (κ1) is 14.2. The Kier molecular flexibility index (Phi) is 4.87. The first-order chi connectivity index (χ1) is 8.19. The summed E-state index contributed by atoms with van der Waals surface area (Å²) in [6.07, 6.45) is 0. The molecular weight excluding hydrogens is 274 g/mol. The number of nitrogens with two attached hydrogens (primary N) is 2. The van der Waals surface area contributed by atoms with Crippen molar-refractivity contribution < 1.29 is 4.74 Å². The molecule has 1 heterocycles. The minimum atomic E-state index is -0.0255. The van der Waals surface area contributed by atoms with E-state index in [1.807, 2.05) is 24.3 Å². The fourth-order valence-electron chi connectivity index (χ4n) is 1.22. The largest absolute Gasteiger partial charge is 0.497 e. The summed E-state index contributed by atoms with van der Waals surface area (Å²) in [7, 11) is 1.62. The lowest BCUT2D eigenvalue weighted by Gasteiger charge is -1.99. The number of halogens is 1. The van der Waals surface area contributed by atoms with E-state index >= 15 is 0 Å². The fraction of sp³-hybridized carbons (Fsp3) is 0.100. The molecular formula is C10H12ClN5OS. The maximum atomic E-state index is 5.26. The SMILES string of the molecule is COc1ccc(-c2nnc(N=C(N)N)s2)cc1.Cl. The van der Waals surface area contributed by atoms with Gasteiger partial charge in [-0.1, -0.05) is 11.3 Å². The maximum Gasteiger partial charge on any atom is 0.235 e. The summed E-state index contributed by atoms with van der Waals surface area (Å²) in [6.45, 7) is 0. The van der Waals surface area contributed by atoms with Gasteiger partial charge >= 0.3 is 0 Å². The van der Waals surface area contributed by atoms with Crippen molar-refractivity contribution in [2.75, 3.05) is 7.11 Å². The zero-order valence-corrected chi connectivity index (χ0v) is 11.2. The van der Waals surface area contributed by atoms with Gasteiger partial charge in [0.2, 0.25) is 5.13 Å². The number of hydrogen-bond donors (Lipinski definition) is 2. The topological polar surface area (TPSA) is 99.4 Å². The van der Waals surface area contributed by atoms with E-state index in [9.17, 15) is 0 Å². The monoisotopic (exact) mass is 285 g/mol. The Bertz CT molecular complexity index is 535. The number of rotatable bonds is 3. The second kappa shape index (κ2) is 6.18. The number of guanidine groups is 1. The van der Waals surface area contributed by atoms with Crippen molar-refractivity contribution in [1.29, 1.82) is 0 Å². The molecule has 96 valence electrons. The zero-order chi connectivity index (χ0) is 12.3. The van der Waals surface area contributed by atoms with Crippen molar-refractivity contribution in [2.45, 2.75) is 0 Å². The van der Waals surface area contributed by atoms with Crippen LogP contribution in [0.15, 0.2) is 29.3 Å². The molecule has 0 spiro atoms. The Morgan fingerprint density at radius 2 is 1.89 bits per heavy atom. The molecule has 4 N–H and O–H groups in total. The number of hydrogen-bond acceptors (Lipinski definition) is 5. The van der Waals surface area contributed by atoms with Crippen LogP contribution in [0.5, 0.6) is 5.75 Å². The molecule has 0 bridgehead atoms. The molecule has 0 atom stereocenters. The van der Waals surface area contributed by atoms with E-state index in [1.54, 1.807) is 7.11 Å². The number of ether oxygens (including phenoxy) is 1. The second-order valence-corrected chi connectivity index (χ2v) is 4.11. The lowest BCUT2D eigenvalue weighted by Crippen LogP contribution is -2.21. The molecule has 8 heteroatoms.